The first-order valence-corrected chi connectivity index (χ1v) is 8.62. The topological polar surface area (TPSA) is 90.3 Å². The molecule has 1 aliphatic rings. The van der Waals surface area contributed by atoms with Crippen molar-refractivity contribution in [1.29, 1.82) is 0 Å². The van der Waals surface area contributed by atoms with Gasteiger partial charge < -0.3 is 24.3 Å². The number of hydrogen-bond acceptors (Lipinski definition) is 6. The van der Waals surface area contributed by atoms with E-state index in [1.165, 1.54) is 0 Å². The summed E-state index contributed by atoms with van der Waals surface area (Å²) in [5, 5.41) is 17.4. The highest BCUT2D eigenvalue weighted by Crippen LogP contribution is 2.13. The highest BCUT2D eigenvalue weighted by molar-refractivity contribution is 14.0. The summed E-state index contributed by atoms with van der Waals surface area (Å²) in [6.07, 6.45) is 2.44. The molecule has 2 aromatic rings. The molecule has 9 heteroatoms. The molecule has 1 atom stereocenters. The van der Waals surface area contributed by atoms with Gasteiger partial charge in [-0.05, 0) is 19.1 Å². The summed E-state index contributed by atoms with van der Waals surface area (Å²) in [4.78, 5) is 9.13. The second-order valence-corrected chi connectivity index (χ2v) is 5.98. The predicted molar refractivity (Wildman–Crippen MR) is 108 cm³/mol. The van der Waals surface area contributed by atoms with Crippen LogP contribution in [0.2, 0.25) is 0 Å². The smallest absolute Gasteiger partial charge is 0.194 e. The maximum absolute atomic E-state index is 10.1. The maximum Gasteiger partial charge on any atom is 0.194 e. The summed E-state index contributed by atoms with van der Waals surface area (Å²) in [5.74, 6) is 1.37. The number of nitrogens with one attached hydrogen (secondary N) is 1. The second-order valence-electron chi connectivity index (χ2n) is 5.98. The molecule has 0 saturated carbocycles. The van der Waals surface area contributed by atoms with Crippen molar-refractivity contribution >= 4 is 29.9 Å². The number of halogens is 1. The minimum absolute atomic E-state index is 0. The molecule has 0 radical (unpaired) electrons. The van der Waals surface area contributed by atoms with Gasteiger partial charge in [-0.15, -0.1) is 24.0 Å². The summed E-state index contributed by atoms with van der Waals surface area (Å²) < 4.78 is 10.1. The summed E-state index contributed by atoms with van der Waals surface area (Å²) >= 11 is 0. The lowest BCUT2D eigenvalue weighted by Crippen LogP contribution is -2.52. The number of rotatable bonds is 6. The number of hydrogen-bond donors (Lipinski definition) is 2. The molecule has 1 fully saturated rings. The van der Waals surface area contributed by atoms with Gasteiger partial charge >= 0.3 is 0 Å². The van der Waals surface area contributed by atoms with Crippen LogP contribution in [-0.4, -0.2) is 65.3 Å². The van der Waals surface area contributed by atoms with E-state index in [0.717, 1.165) is 50.9 Å². The van der Waals surface area contributed by atoms with Crippen LogP contribution in [-0.2, 0) is 6.54 Å². The van der Waals surface area contributed by atoms with Crippen molar-refractivity contribution in [3.8, 4) is 0 Å². The van der Waals surface area contributed by atoms with Gasteiger partial charge in [-0.2, -0.15) is 0 Å². The molecule has 0 bridgehead atoms. The fourth-order valence-corrected chi connectivity index (χ4v) is 2.84. The molecule has 8 nitrogen and oxygen atoms in total. The molecule has 0 amide bonds. The SMILES string of the molecule is CCNC(=NCC(O)c1ccco1)N1CCN(Cc2ccon2)CC1.I. The highest BCUT2D eigenvalue weighted by atomic mass is 127. The van der Waals surface area contributed by atoms with Crippen LogP contribution in [0.3, 0.4) is 0 Å². The number of aromatic nitrogens is 1. The van der Waals surface area contributed by atoms with Gasteiger partial charge in [-0.3, -0.25) is 4.90 Å². The van der Waals surface area contributed by atoms with E-state index >= 15 is 0 Å². The van der Waals surface area contributed by atoms with Crippen LogP contribution < -0.4 is 5.32 Å². The molecule has 1 saturated heterocycles. The zero-order valence-electron chi connectivity index (χ0n) is 14.9. The van der Waals surface area contributed by atoms with E-state index in [-0.39, 0.29) is 30.5 Å². The maximum atomic E-state index is 10.1. The lowest BCUT2D eigenvalue weighted by atomic mass is 10.3. The molecule has 0 aliphatic carbocycles. The summed E-state index contributed by atoms with van der Waals surface area (Å²) in [7, 11) is 0. The van der Waals surface area contributed by atoms with E-state index in [1.54, 1.807) is 24.7 Å². The monoisotopic (exact) mass is 475 g/mol. The van der Waals surface area contributed by atoms with Crippen molar-refractivity contribution in [2.24, 2.45) is 4.99 Å². The van der Waals surface area contributed by atoms with Gasteiger partial charge in [-0.1, -0.05) is 5.16 Å². The Hall–Kier alpha value is -1.59. The Bertz CT molecular complexity index is 639. The van der Waals surface area contributed by atoms with Gasteiger partial charge in [0, 0.05) is 45.3 Å². The van der Waals surface area contributed by atoms with E-state index in [2.05, 4.69) is 25.3 Å². The molecular weight excluding hydrogens is 449 g/mol. The lowest BCUT2D eigenvalue weighted by Gasteiger charge is -2.36. The molecule has 0 aromatic carbocycles. The molecule has 3 rings (SSSR count). The third-order valence-electron chi connectivity index (χ3n) is 4.17. The molecule has 1 unspecified atom stereocenters. The molecule has 0 spiro atoms. The molecule has 3 heterocycles. The average molecular weight is 475 g/mol. The van der Waals surface area contributed by atoms with Crippen molar-refractivity contribution in [3.63, 3.8) is 0 Å². The Kier molecular flexibility index (Phi) is 8.39. The number of aliphatic hydroxyl groups is 1. The first-order chi connectivity index (χ1) is 12.3. The summed E-state index contributed by atoms with van der Waals surface area (Å²) in [6, 6.07) is 5.42. The highest BCUT2D eigenvalue weighted by Gasteiger charge is 2.20. The van der Waals surface area contributed by atoms with Crippen LogP contribution in [0.15, 0.2) is 44.7 Å². The van der Waals surface area contributed by atoms with Crippen LogP contribution in [0.4, 0.5) is 0 Å². The number of furan rings is 1. The van der Waals surface area contributed by atoms with Crippen molar-refractivity contribution in [1.82, 2.24) is 20.3 Å². The van der Waals surface area contributed by atoms with E-state index < -0.39 is 6.10 Å². The van der Waals surface area contributed by atoms with Crippen LogP contribution in [0.5, 0.6) is 0 Å². The standard InChI is InChI=1S/C17H25N5O3.HI/c1-2-18-17(19-12-15(23)16-4-3-10-24-16)22-8-6-21(7-9-22)13-14-5-11-25-20-14;/h3-5,10-11,15,23H,2,6-9,12-13H2,1H3,(H,18,19);1H. The van der Waals surface area contributed by atoms with Crippen LogP contribution >= 0.6 is 24.0 Å². The number of guanidine groups is 1. The Morgan fingerprint density at radius 2 is 2.12 bits per heavy atom. The van der Waals surface area contributed by atoms with Crippen molar-refractivity contribution in [2.75, 3.05) is 39.3 Å². The molecule has 144 valence electrons. The largest absolute Gasteiger partial charge is 0.467 e. The van der Waals surface area contributed by atoms with Crippen molar-refractivity contribution < 1.29 is 14.0 Å². The quantitative estimate of drug-likeness (QED) is 0.374. The molecule has 2 N–H and O–H groups in total. The van der Waals surface area contributed by atoms with Gasteiger partial charge in [0.2, 0.25) is 0 Å². The predicted octanol–water partition coefficient (Wildman–Crippen LogP) is 1.70. The number of piperazine rings is 1. The number of aliphatic imine (C=N–C) groups is 1. The first-order valence-electron chi connectivity index (χ1n) is 8.62. The van der Waals surface area contributed by atoms with E-state index in [0.29, 0.717) is 5.76 Å². The minimum atomic E-state index is -0.725. The van der Waals surface area contributed by atoms with Gasteiger partial charge in [0.1, 0.15) is 18.1 Å². The Morgan fingerprint density at radius 3 is 2.73 bits per heavy atom. The van der Waals surface area contributed by atoms with E-state index in [1.807, 2.05) is 13.0 Å². The third kappa shape index (κ3) is 5.71. The van der Waals surface area contributed by atoms with E-state index in [9.17, 15) is 5.11 Å². The van der Waals surface area contributed by atoms with E-state index in [4.69, 9.17) is 8.94 Å². The van der Waals surface area contributed by atoms with Gasteiger partial charge in [-0.25, -0.2) is 4.99 Å². The summed E-state index contributed by atoms with van der Waals surface area (Å²) in [6.45, 7) is 7.51. The van der Waals surface area contributed by atoms with Gasteiger partial charge in [0.15, 0.2) is 5.96 Å². The van der Waals surface area contributed by atoms with Crippen molar-refractivity contribution in [3.05, 3.63) is 42.2 Å². The Morgan fingerprint density at radius 1 is 1.31 bits per heavy atom. The average Bonchev–Trinajstić information content (AvgIpc) is 3.33. The van der Waals surface area contributed by atoms with Crippen LogP contribution in [0, 0.1) is 0 Å². The van der Waals surface area contributed by atoms with Gasteiger partial charge in [0.25, 0.3) is 0 Å². The normalized spacial score (nSPS) is 17.0. The second kappa shape index (κ2) is 10.5. The molecule has 2 aromatic heterocycles. The molecule has 1 aliphatic heterocycles. The van der Waals surface area contributed by atoms with Gasteiger partial charge in [0.05, 0.1) is 18.5 Å². The number of nitrogens with zero attached hydrogens (tertiary/aromatic N) is 4. The molecular formula is C17H26IN5O3. The lowest BCUT2D eigenvalue weighted by molar-refractivity contribution is 0.154. The Labute approximate surface area is 170 Å². The first kappa shape index (κ1) is 20.7. The zero-order chi connectivity index (χ0) is 17.5. The van der Waals surface area contributed by atoms with Crippen molar-refractivity contribution in [2.45, 2.75) is 19.6 Å². The van der Waals surface area contributed by atoms with Crippen LogP contribution in [0.25, 0.3) is 0 Å². The summed E-state index contributed by atoms with van der Waals surface area (Å²) in [5.41, 5.74) is 0.954. The fraction of sp³-hybridized carbons (Fsp3) is 0.529. The molecule has 26 heavy (non-hydrogen) atoms. The number of aliphatic hydroxyl groups excluding tert-OH is 1. The Balaban J connectivity index is 0.00000243. The zero-order valence-corrected chi connectivity index (χ0v) is 17.2. The van der Waals surface area contributed by atoms with Crippen LogP contribution in [0.1, 0.15) is 24.5 Å². The minimum Gasteiger partial charge on any atom is -0.467 e. The third-order valence-corrected chi connectivity index (χ3v) is 4.17. The fourth-order valence-electron chi connectivity index (χ4n) is 2.84.